The Morgan fingerprint density at radius 3 is 0.779 bits per heavy atom. The zero-order valence-corrected chi connectivity index (χ0v) is 55.9. The minimum Gasteiger partial charge on any atom is -0.310 e. The molecule has 0 amide bonds. The van der Waals surface area contributed by atoms with Crippen LogP contribution in [0.3, 0.4) is 0 Å². The van der Waals surface area contributed by atoms with E-state index in [2.05, 4.69) is 60.0 Å². The second kappa shape index (κ2) is 29.7. The van der Waals surface area contributed by atoms with Crippen LogP contribution in [-0.4, -0.2) is 24.7 Å². The van der Waals surface area contributed by atoms with Gasteiger partial charge < -0.3 is 9.80 Å². The molecule has 95 heavy (non-hydrogen) atoms. The molecule has 4 aromatic heterocycles. The molecule has 6 aromatic carbocycles. The maximum atomic E-state index is 13.5. The first-order valence-electron chi connectivity index (χ1n) is 32.3. The summed E-state index contributed by atoms with van der Waals surface area (Å²) in [7, 11) is 0. The zero-order chi connectivity index (χ0) is 67.1. The minimum atomic E-state index is -4.35. The lowest BCUT2D eigenvalue weighted by Crippen LogP contribution is -2.26. The second-order valence-corrected chi connectivity index (χ2v) is 29.3. The Bertz CT molecular complexity index is 3670. The Balaban J connectivity index is 1.04. The number of alkyl halides is 12. The third-order valence-corrected chi connectivity index (χ3v) is 22.1. The number of thiophene rings is 4. The van der Waals surface area contributed by atoms with Gasteiger partial charge in [-0.15, -0.1) is 45.3 Å². The zero-order valence-electron chi connectivity index (χ0n) is 52.6. The number of anilines is 6. The molecule has 0 unspecified atom stereocenters. The van der Waals surface area contributed by atoms with Gasteiger partial charge in [0.2, 0.25) is 0 Å². The van der Waals surface area contributed by atoms with E-state index in [4.69, 9.17) is 0 Å². The van der Waals surface area contributed by atoms with Gasteiger partial charge in [-0.25, -0.2) is 0 Å². The lowest BCUT2D eigenvalue weighted by molar-refractivity contribution is -0.127. The molecule has 0 N–H and O–H groups in total. The van der Waals surface area contributed by atoms with E-state index >= 15 is 0 Å². The van der Waals surface area contributed by atoms with Gasteiger partial charge in [0, 0.05) is 78.6 Å². The van der Waals surface area contributed by atoms with E-state index < -0.39 is 55.8 Å². The van der Waals surface area contributed by atoms with Gasteiger partial charge in [-0.2, -0.15) is 52.7 Å². The van der Waals surface area contributed by atoms with Gasteiger partial charge in [-0.05, 0) is 179 Å². The molecule has 4 heterocycles. The first-order chi connectivity index (χ1) is 45.4. The molecule has 0 aliphatic heterocycles. The summed E-state index contributed by atoms with van der Waals surface area (Å²) in [6, 6.07) is 57.3. The quantitative estimate of drug-likeness (QED) is 0.0356. The second-order valence-electron chi connectivity index (χ2n) is 24.7. The Kier molecular flexibility index (Phi) is 21.6. The fraction of sp³-hybridized carbons (Fsp3) is 0.325. The van der Waals surface area contributed by atoms with E-state index in [9.17, 15) is 52.7 Å². The summed E-state index contributed by atoms with van der Waals surface area (Å²) in [6.45, 7) is 4.41. The van der Waals surface area contributed by atoms with E-state index in [1.54, 1.807) is 24.3 Å². The molecule has 0 saturated heterocycles. The highest BCUT2D eigenvalue weighted by atomic mass is 32.1. The number of halogens is 12. The Labute approximate surface area is 563 Å². The molecule has 0 fully saturated rings. The van der Waals surface area contributed by atoms with Crippen molar-refractivity contribution in [3.63, 3.8) is 0 Å². The van der Waals surface area contributed by atoms with Crippen LogP contribution in [0.1, 0.15) is 134 Å². The molecule has 2 nitrogen and oxygen atoms in total. The van der Waals surface area contributed by atoms with Crippen molar-refractivity contribution in [3.05, 3.63) is 213 Å². The molecule has 0 spiro atoms. The molecule has 0 saturated carbocycles. The summed E-state index contributed by atoms with van der Waals surface area (Å²) in [5, 5.41) is 0. The first-order valence-corrected chi connectivity index (χ1v) is 35.6. The number of benzene rings is 6. The third kappa shape index (κ3) is 17.5. The number of unbranched alkanes of at least 4 members (excludes halogenated alkanes) is 10. The number of hydrogen-bond donors (Lipinski definition) is 0. The summed E-state index contributed by atoms with van der Waals surface area (Å²) in [6.07, 6.45) is -6.86. The van der Waals surface area contributed by atoms with Gasteiger partial charge in [-0.1, -0.05) is 152 Å². The molecular weight excluding hydrogens is 1310 g/mol. The van der Waals surface area contributed by atoms with Crippen LogP contribution >= 0.6 is 45.3 Å². The largest absolute Gasteiger partial charge is 0.393 e. The van der Waals surface area contributed by atoms with Crippen molar-refractivity contribution in [2.24, 2.45) is 0 Å². The summed E-state index contributed by atoms with van der Waals surface area (Å²) in [5.41, 5.74) is 11.9. The molecule has 0 bridgehead atoms. The van der Waals surface area contributed by atoms with E-state index in [1.807, 2.05) is 97.1 Å². The molecule has 10 aromatic rings. The van der Waals surface area contributed by atoms with Gasteiger partial charge >= 0.3 is 24.7 Å². The number of nitrogens with zero attached hydrogens (tertiary/aromatic N) is 2. The van der Waals surface area contributed by atoms with E-state index in [0.29, 0.717) is 19.5 Å². The van der Waals surface area contributed by atoms with Crippen molar-refractivity contribution in [2.45, 2.75) is 160 Å². The van der Waals surface area contributed by atoms with E-state index in [0.717, 1.165) is 203 Å². The highest BCUT2D eigenvalue weighted by Gasteiger charge is 2.44. The van der Waals surface area contributed by atoms with Gasteiger partial charge in [0.15, 0.2) is 0 Å². The van der Waals surface area contributed by atoms with Gasteiger partial charge in [0.1, 0.15) is 0 Å². The summed E-state index contributed by atoms with van der Waals surface area (Å²) >= 11 is 4.41. The Morgan fingerprint density at radius 1 is 0.284 bits per heavy atom. The fourth-order valence-corrected chi connectivity index (χ4v) is 17.3. The normalized spacial score (nSPS) is 13.2. The number of fused-ring (bicyclic) bond motifs is 3. The molecule has 1 aliphatic rings. The van der Waals surface area contributed by atoms with Crippen molar-refractivity contribution in [1.82, 2.24) is 0 Å². The van der Waals surface area contributed by atoms with Crippen molar-refractivity contribution < 1.29 is 52.7 Å². The van der Waals surface area contributed by atoms with Crippen LogP contribution in [0.15, 0.2) is 182 Å². The maximum Gasteiger partial charge on any atom is 0.393 e. The average Bonchev–Trinajstić information content (AvgIpc) is 1.56. The molecule has 1 aliphatic carbocycles. The van der Waals surface area contributed by atoms with E-state index in [1.165, 1.54) is 35.4 Å². The SMILES string of the molecule is CCCCCCCCC1(CCCCCCCC)c2cc(N(c3ccc(-c4ccc(CC(F)(F)F)s4)cc3)c3ccc(-c4ccc(CC(F)(F)F)s4)cc3)ccc2-c2ccc(N(c3ccc(-c4ccc(CC(F)(F)F)s4)cc3)c3ccc(-c4ccc(CC(F)(F)F)s4)cc3)cc21. The van der Waals surface area contributed by atoms with Gasteiger partial charge in [0.25, 0.3) is 0 Å². The lowest BCUT2D eigenvalue weighted by Gasteiger charge is -2.35. The van der Waals surface area contributed by atoms with Crippen LogP contribution in [0.5, 0.6) is 0 Å². The predicted molar refractivity (Wildman–Crippen MR) is 370 cm³/mol. The number of hydrogen-bond acceptors (Lipinski definition) is 6. The molecule has 0 atom stereocenters. The number of rotatable bonds is 28. The monoisotopic (exact) mass is 1380 g/mol. The average molecular weight is 1380 g/mol. The first kappa shape index (κ1) is 69.2. The smallest absolute Gasteiger partial charge is 0.310 e. The van der Waals surface area contributed by atoms with Crippen LogP contribution in [0.25, 0.3) is 52.9 Å². The van der Waals surface area contributed by atoms with Crippen molar-refractivity contribution in [1.29, 1.82) is 0 Å². The van der Waals surface area contributed by atoms with Gasteiger partial charge in [0.05, 0.1) is 25.7 Å². The lowest BCUT2D eigenvalue weighted by atomic mass is 9.70. The van der Waals surface area contributed by atoms with Crippen LogP contribution in [-0.2, 0) is 31.1 Å². The molecule has 11 rings (SSSR count). The minimum absolute atomic E-state index is 0.212. The molecule has 498 valence electrons. The standard InChI is InChI=1S/C77H72F12N2S4/c1-3-5-7-9-11-13-43-73(44-14-12-10-8-6-4-2)67-45-59(90(55-23-15-51(16-24-55)69-39-33-61(92-69)47-74(78,79)80)56-25-17-52(18-26-56)70-40-34-62(93-70)48-75(81,82)83)31-37-65(67)66-38-32-60(46-68(66)73)91(57-27-19-53(20-28-57)71-41-35-63(94-71)49-76(84,85)86)58-29-21-54(22-30-58)72-42-36-64(95-72)50-77(87,88)89/h15-42,45-46H,3-14,43-44,47-50H2,1-2H3. The van der Waals surface area contributed by atoms with Crippen LogP contribution < -0.4 is 9.80 Å². The van der Waals surface area contributed by atoms with Crippen molar-refractivity contribution in [2.75, 3.05) is 9.80 Å². The van der Waals surface area contributed by atoms with Crippen molar-refractivity contribution in [3.8, 4) is 52.9 Å². The maximum absolute atomic E-state index is 13.5. The Hall–Kier alpha value is -7.12. The molecular formula is C77H72F12N2S4. The fourth-order valence-electron chi connectivity index (χ4n) is 13.1. The van der Waals surface area contributed by atoms with Crippen LogP contribution in [0.2, 0.25) is 0 Å². The Morgan fingerprint density at radius 2 is 0.526 bits per heavy atom. The third-order valence-electron chi connectivity index (χ3n) is 17.5. The van der Waals surface area contributed by atoms with Crippen LogP contribution in [0.4, 0.5) is 86.8 Å². The summed E-state index contributed by atoms with van der Waals surface area (Å²) in [4.78, 5) is 7.95. The van der Waals surface area contributed by atoms with Crippen LogP contribution in [0, 0.1) is 0 Å². The van der Waals surface area contributed by atoms with Gasteiger partial charge in [-0.3, -0.25) is 0 Å². The highest BCUT2D eigenvalue weighted by molar-refractivity contribution is 7.16. The van der Waals surface area contributed by atoms with Crippen molar-refractivity contribution >= 4 is 79.5 Å². The van der Waals surface area contributed by atoms with E-state index in [-0.39, 0.29) is 19.5 Å². The summed E-state index contributed by atoms with van der Waals surface area (Å²) < 4.78 is 162. The highest BCUT2D eigenvalue weighted by Crippen LogP contribution is 2.57. The molecule has 18 heteroatoms. The summed E-state index contributed by atoms with van der Waals surface area (Å²) in [5.74, 6) is 0. The predicted octanol–water partition coefficient (Wildman–Crippen LogP) is 27.7. The molecule has 0 radical (unpaired) electrons. The topological polar surface area (TPSA) is 6.48 Å².